The van der Waals surface area contributed by atoms with Gasteiger partial charge in [0.2, 0.25) is 5.91 Å². The standard InChI is InChI=1S/C19H21ClN2O/c1-3-5-14(6-4-2)19(21)16-12-15(20)9-10-17(16)22-18(23)11-13-7-8-13/h3-6,9-10,12-13,21H,1,7-8,11H2,2H3,(H,22,23)/b6-4-,14-5+,21-19?. The second-order valence-corrected chi connectivity index (χ2v) is 6.05. The summed E-state index contributed by atoms with van der Waals surface area (Å²) in [6.45, 7) is 5.57. The molecule has 0 aliphatic heterocycles. The average molecular weight is 329 g/mol. The van der Waals surface area contributed by atoms with Crippen molar-refractivity contribution in [2.24, 2.45) is 5.92 Å². The Kier molecular flexibility index (Phi) is 5.94. The lowest BCUT2D eigenvalue weighted by Gasteiger charge is -2.13. The van der Waals surface area contributed by atoms with Crippen LogP contribution in [0.25, 0.3) is 0 Å². The van der Waals surface area contributed by atoms with Crippen LogP contribution in [-0.4, -0.2) is 11.6 Å². The highest BCUT2D eigenvalue weighted by atomic mass is 35.5. The summed E-state index contributed by atoms with van der Waals surface area (Å²) in [5, 5.41) is 11.9. The van der Waals surface area contributed by atoms with Crippen molar-refractivity contribution in [2.75, 3.05) is 5.32 Å². The second kappa shape index (κ2) is 7.93. The van der Waals surface area contributed by atoms with Gasteiger partial charge in [-0.2, -0.15) is 0 Å². The zero-order chi connectivity index (χ0) is 16.8. The number of carbonyl (C=O) groups excluding carboxylic acids is 1. The maximum Gasteiger partial charge on any atom is 0.224 e. The number of carbonyl (C=O) groups is 1. The first-order valence-corrected chi connectivity index (χ1v) is 8.07. The Balaban J connectivity index is 2.29. The minimum Gasteiger partial charge on any atom is -0.325 e. The fourth-order valence-corrected chi connectivity index (χ4v) is 2.47. The number of anilines is 1. The molecule has 0 heterocycles. The molecule has 0 bridgehead atoms. The molecule has 1 fully saturated rings. The van der Waals surface area contributed by atoms with Crippen molar-refractivity contribution in [1.29, 1.82) is 5.41 Å². The highest BCUT2D eigenvalue weighted by molar-refractivity contribution is 6.31. The van der Waals surface area contributed by atoms with Gasteiger partial charge in [-0.3, -0.25) is 10.2 Å². The molecule has 2 N–H and O–H groups in total. The van der Waals surface area contributed by atoms with Crippen molar-refractivity contribution in [2.45, 2.75) is 26.2 Å². The molecule has 120 valence electrons. The van der Waals surface area contributed by atoms with Gasteiger partial charge in [-0.1, -0.05) is 42.5 Å². The third kappa shape index (κ3) is 4.93. The first-order valence-electron chi connectivity index (χ1n) is 7.69. The lowest BCUT2D eigenvalue weighted by molar-refractivity contribution is -0.116. The van der Waals surface area contributed by atoms with Crippen LogP contribution in [0.4, 0.5) is 5.69 Å². The number of hydrogen-bond acceptors (Lipinski definition) is 2. The molecule has 1 aromatic rings. The van der Waals surface area contributed by atoms with Gasteiger partial charge in [-0.15, -0.1) is 0 Å². The molecule has 0 aromatic heterocycles. The number of benzene rings is 1. The SMILES string of the molecule is C=C/C=C(\C=C/C)C(=N)c1cc(Cl)ccc1NC(=O)CC1CC1. The Morgan fingerprint density at radius 2 is 2.22 bits per heavy atom. The highest BCUT2D eigenvalue weighted by Crippen LogP contribution is 2.33. The van der Waals surface area contributed by atoms with E-state index in [4.69, 9.17) is 17.0 Å². The Bertz CT molecular complexity index is 685. The van der Waals surface area contributed by atoms with Gasteiger partial charge < -0.3 is 5.32 Å². The van der Waals surface area contributed by atoms with E-state index >= 15 is 0 Å². The molecule has 1 saturated carbocycles. The van der Waals surface area contributed by atoms with E-state index in [1.54, 1.807) is 30.4 Å². The van der Waals surface area contributed by atoms with Crippen molar-refractivity contribution < 1.29 is 4.79 Å². The minimum absolute atomic E-state index is 0.0100. The lowest BCUT2D eigenvalue weighted by atomic mass is 9.99. The van der Waals surface area contributed by atoms with Crippen LogP contribution in [0, 0.1) is 11.3 Å². The predicted octanol–water partition coefficient (Wildman–Crippen LogP) is 5.13. The number of amides is 1. The van der Waals surface area contributed by atoms with Crippen LogP contribution in [0.2, 0.25) is 5.02 Å². The fraction of sp³-hybridized carbons (Fsp3) is 0.263. The molecule has 0 radical (unpaired) electrons. The summed E-state index contributed by atoms with van der Waals surface area (Å²) in [4.78, 5) is 12.1. The smallest absolute Gasteiger partial charge is 0.224 e. The zero-order valence-electron chi connectivity index (χ0n) is 13.2. The van der Waals surface area contributed by atoms with Crippen LogP contribution < -0.4 is 5.32 Å². The van der Waals surface area contributed by atoms with Crippen LogP contribution in [0.5, 0.6) is 0 Å². The molecule has 2 rings (SSSR count). The molecular formula is C19H21ClN2O. The molecule has 0 atom stereocenters. The summed E-state index contributed by atoms with van der Waals surface area (Å²) >= 11 is 6.08. The predicted molar refractivity (Wildman–Crippen MR) is 97.3 cm³/mol. The molecule has 0 unspecified atom stereocenters. The summed E-state index contributed by atoms with van der Waals surface area (Å²) < 4.78 is 0. The number of allylic oxidation sites excluding steroid dienone is 5. The summed E-state index contributed by atoms with van der Waals surface area (Å²) in [6.07, 6.45) is 9.90. The van der Waals surface area contributed by atoms with Crippen molar-refractivity contribution in [3.05, 3.63) is 65.2 Å². The van der Waals surface area contributed by atoms with E-state index in [1.165, 1.54) is 0 Å². The summed E-state index contributed by atoms with van der Waals surface area (Å²) in [7, 11) is 0. The number of hydrogen-bond donors (Lipinski definition) is 2. The maximum atomic E-state index is 12.1. The van der Waals surface area contributed by atoms with Gasteiger partial charge in [0.1, 0.15) is 0 Å². The molecular weight excluding hydrogens is 308 g/mol. The van der Waals surface area contributed by atoms with E-state index in [-0.39, 0.29) is 5.91 Å². The largest absolute Gasteiger partial charge is 0.325 e. The molecule has 0 spiro atoms. The van der Waals surface area contributed by atoms with E-state index in [0.717, 1.165) is 12.8 Å². The van der Waals surface area contributed by atoms with E-state index in [2.05, 4.69) is 11.9 Å². The third-order valence-corrected chi connectivity index (χ3v) is 3.86. The van der Waals surface area contributed by atoms with E-state index in [1.807, 2.05) is 19.1 Å². The molecule has 1 aliphatic rings. The molecule has 1 aliphatic carbocycles. The Morgan fingerprint density at radius 1 is 1.48 bits per heavy atom. The maximum absolute atomic E-state index is 12.1. The van der Waals surface area contributed by atoms with Gasteiger partial charge in [0.15, 0.2) is 0 Å². The van der Waals surface area contributed by atoms with Gasteiger partial charge >= 0.3 is 0 Å². The fourth-order valence-electron chi connectivity index (χ4n) is 2.30. The second-order valence-electron chi connectivity index (χ2n) is 5.62. The summed E-state index contributed by atoms with van der Waals surface area (Å²) in [5.74, 6) is 0.508. The van der Waals surface area contributed by atoms with Crippen LogP contribution in [0.15, 0.2) is 54.7 Å². The van der Waals surface area contributed by atoms with Crippen molar-refractivity contribution in [1.82, 2.24) is 0 Å². The number of rotatable bonds is 7. The molecule has 4 heteroatoms. The van der Waals surface area contributed by atoms with Crippen molar-refractivity contribution >= 4 is 28.9 Å². The van der Waals surface area contributed by atoms with E-state index in [0.29, 0.717) is 39.9 Å². The minimum atomic E-state index is -0.0100. The van der Waals surface area contributed by atoms with Crippen LogP contribution in [0.1, 0.15) is 31.7 Å². The average Bonchev–Trinajstić information content (AvgIpc) is 3.32. The topological polar surface area (TPSA) is 53.0 Å². The lowest BCUT2D eigenvalue weighted by Crippen LogP contribution is -2.15. The molecule has 1 amide bonds. The third-order valence-electron chi connectivity index (χ3n) is 3.63. The molecule has 3 nitrogen and oxygen atoms in total. The summed E-state index contributed by atoms with van der Waals surface area (Å²) in [5.41, 5.74) is 2.23. The van der Waals surface area contributed by atoms with Gasteiger partial charge in [-0.05, 0) is 49.5 Å². The van der Waals surface area contributed by atoms with E-state index in [9.17, 15) is 4.79 Å². The number of halogens is 1. The zero-order valence-corrected chi connectivity index (χ0v) is 14.0. The normalized spacial score (nSPS) is 14.8. The Labute approximate surface area is 142 Å². The number of nitrogens with one attached hydrogen (secondary N) is 2. The monoisotopic (exact) mass is 328 g/mol. The molecule has 0 saturated heterocycles. The Morgan fingerprint density at radius 3 is 2.83 bits per heavy atom. The van der Waals surface area contributed by atoms with Gasteiger partial charge in [0.05, 0.1) is 11.4 Å². The van der Waals surface area contributed by atoms with Gasteiger partial charge in [0, 0.05) is 17.0 Å². The van der Waals surface area contributed by atoms with E-state index < -0.39 is 0 Å². The van der Waals surface area contributed by atoms with Crippen LogP contribution >= 0.6 is 11.6 Å². The first kappa shape index (κ1) is 17.2. The molecule has 1 aromatic carbocycles. The van der Waals surface area contributed by atoms with Gasteiger partial charge in [-0.25, -0.2) is 0 Å². The highest BCUT2D eigenvalue weighted by Gasteiger charge is 2.25. The molecule has 23 heavy (non-hydrogen) atoms. The van der Waals surface area contributed by atoms with Crippen molar-refractivity contribution in [3.8, 4) is 0 Å². The van der Waals surface area contributed by atoms with Crippen LogP contribution in [0.3, 0.4) is 0 Å². The summed E-state index contributed by atoms with van der Waals surface area (Å²) in [6, 6.07) is 5.17. The first-order chi connectivity index (χ1) is 11.0. The Hall–Kier alpha value is -2.13. The van der Waals surface area contributed by atoms with Crippen LogP contribution in [-0.2, 0) is 4.79 Å². The van der Waals surface area contributed by atoms with Gasteiger partial charge in [0.25, 0.3) is 0 Å². The quantitative estimate of drug-likeness (QED) is 0.528. The van der Waals surface area contributed by atoms with Crippen molar-refractivity contribution in [3.63, 3.8) is 0 Å².